The molecule has 0 amide bonds. The summed E-state index contributed by atoms with van der Waals surface area (Å²) in [4.78, 5) is 15.2. The Morgan fingerprint density at radius 3 is 1.41 bits per heavy atom. The molecule has 1 aliphatic rings. The first-order chi connectivity index (χ1) is 36.6. The number of hydrogen-bond acceptors (Lipinski definition) is 4. The highest BCUT2D eigenvalue weighted by Crippen LogP contribution is 2.49. The Labute approximate surface area is 428 Å². The number of hydrogen-bond donors (Lipinski definition) is 0. The molecule has 0 saturated carbocycles. The van der Waals surface area contributed by atoms with Crippen molar-refractivity contribution >= 4 is 32.3 Å². The third kappa shape index (κ3) is 7.26. The molecular formula is C70H42N4. The highest BCUT2D eigenvalue weighted by atomic mass is 15.0. The maximum atomic E-state index is 10.5. The minimum Gasteiger partial charge on any atom is -0.208 e. The predicted octanol–water partition coefficient (Wildman–Crippen LogP) is 18.2. The van der Waals surface area contributed by atoms with E-state index in [-0.39, 0.29) is 0 Å². The predicted molar refractivity (Wildman–Crippen MR) is 305 cm³/mol. The van der Waals surface area contributed by atoms with Crippen molar-refractivity contribution < 1.29 is 0 Å². The van der Waals surface area contributed by atoms with Gasteiger partial charge in [-0.3, -0.25) is 0 Å². The van der Waals surface area contributed by atoms with Crippen molar-refractivity contribution in [3.63, 3.8) is 0 Å². The third-order valence-electron chi connectivity index (χ3n) is 14.8. The highest BCUT2D eigenvalue weighted by Gasteiger charge is 2.23. The summed E-state index contributed by atoms with van der Waals surface area (Å²) in [5.41, 5.74) is 19.2. The summed E-state index contributed by atoms with van der Waals surface area (Å²) in [6.45, 7) is 0. The van der Waals surface area contributed by atoms with Crippen molar-refractivity contribution in [1.29, 1.82) is 5.26 Å². The smallest absolute Gasteiger partial charge is 0.164 e. The van der Waals surface area contributed by atoms with Crippen LogP contribution in [0.1, 0.15) is 5.56 Å². The Morgan fingerprint density at radius 2 is 0.703 bits per heavy atom. The van der Waals surface area contributed by atoms with Crippen molar-refractivity contribution in [2.45, 2.75) is 0 Å². The van der Waals surface area contributed by atoms with Gasteiger partial charge in [0.15, 0.2) is 17.5 Å². The van der Waals surface area contributed by atoms with Crippen LogP contribution in [0.4, 0.5) is 0 Å². The van der Waals surface area contributed by atoms with Crippen LogP contribution in [-0.2, 0) is 0 Å². The number of benzene rings is 12. The molecular weight excluding hydrogens is 897 g/mol. The molecule has 0 unspecified atom stereocenters. The van der Waals surface area contributed by atoms with Crippen molar-refractivity contribution in [1.82, 2.24) is 15.0 Å². The lowest BCUT2D eigenvalue weighted by molar-refractivity contribution is 1.07. The van der Waals surface area contributed by atoms with E-state index in [0.29, 0.717) is 23.0 Å². The maximum Gasteiger partial charge on any atom is 0.164 e. The van der Waals surface area contributed by atoms with Crippen molar-refractivity contribution in [3.8, 4) is 118 Å². The van der Waals surface area contributed by atoms with E-state index in [4.69, 9.17) is 15.0 Å². The van der Waals surface area contributed by atoms with Crippen molar-refractivity contribution in [3.05, 3.63) is 260 Å². The Bertz CT molecular complexity index is 4390. The molecule has 0 radical (unpaired) electrons. The molecule has 4 heteroatoms. The first kappa shape index (κ1) is 42.8. The van der Waals surface area contributed by atoms with Crippen LogP contribution in [0.5, 0.6) is 0 Å². The zero-order valence-electron chi connectivity index (χ0n) is 40.0. The molecule has 1 heterocycles. The molecule has 1 aromatic heterocycles. The van der Waals surface area contributed by atoms with Gasteiger partial charge in [0.25, 0.3) is 0 Å². The molecule has 342 valence electrons. The Kier molecular flexibility index (Phi) is 10.2. The second kappa shape index (κ2) is 17.6. The Morgan fingerprint density at radius 1 is 0.243 bits per heavy atom. The van der Waals surface area contributed by atoms with Gasteiger partial charge in [-0.2, -0.15) is 5.26 Å². The van der Waals surface area contributed by atoms with Gasteiger partial charge in [-0.1, -0.05) is 237 Å². The van der Waals surface area contributed by atoms with Crippen LogP contribution < -0.4 is 0 Å². The number of aromatic nitrogens is 3. The first-order valence-corrected chi connectivity index (χ1v) is 25.0. The van der Waals surface area contributed by atoms with E-state index < -0.39 is 0 Å². The summed E-state index contributed by atoms with van der Waals surface area (Å²) in [5.74, 6) is 1.80. The summed E-state index contributed by atoms with van der Waals surface area (Å²) in [5, 5.41) is 18.0. The molecule has 0 fully saturated rings. The fraction of sp³-hybridized carbons (Fsp3) is 0. The summed E-state index contributed by atoms with van der Waals surface area (Å²) in [6.07, 6.45) is 0. The quantitative estimate of drug-likeness (QED) is 0.142. The normalized spacial score (nSPS) is 11.5. The van der Waals surface area contributed by atoms with E-state index in [1.807, 2.05) is 42.5 Å². The van der Waals surface area contributed by atoms with E-state index in [1.54, 1.807) is 0 Å². The van der Waals surface area contributed by atoms with Crippen LogP contribution in [0.25, 0.3) is 144 Å². The fourth-order valence-corrected chi connectivity index (χ4v) is 11.2. The van der Waals surface area contributed by atoms with Gasteiger partial charge in [-0.15, -0.1) is 0 Å². The van der Waals surface area contributed by atoms with E-state index in [9.17, 15) is 5.26 Å². The zero-order chi connectivity index (χ0) is 49.1. The summed E-state index contributed by atoms with van der Waals surface area (Å²) in [7, 11) is 0. The molecule has 0 saturated heterocycles. The van der Waals surface area contributed by atoms with Crippen molar-refractivity contribution in [2.24, 2.45) is 0 Å². The second-order valence-corrected chi connectivity index (χ2v) is 18.9. The molecule has 12 aromatic carbocycles. The number of fused-ring (bicyclic) bond motifs is 6. The SMILES string of the molecule is N#Cc1ccc(-c2ccc(-c3nc(-c4ccccc4)nc(-c4ccc(-c5ccc6c7c(cccc57)-c5ccccc5-6)cc4)n3)cc2)cc1-c1ccccc1-c1cccc(-c2cccc3c2ccc2ccccc23)c1. The van der Waals surface area contributed by atoms with Gasteiger partial charge < -0.3 is 0 Å². The maximum absolute atomic E-state index is 10.5. The van der Waals surface area contributed by atoms with Gasteiger partial charge in [0.2, 0.25) is 0 Å². The fourth-order valence-electron chi connectivity index (χ4n) is 11.2. The standard InChI is InChI=1S/C70H42N4/c71-43-53-36-35-50(42-66(53)59-20-7-6-19-55(59)51-16-10-17-52(41-51)56-23-11-24-58-54-18-5-4-13-45(54)37-38-62(56)58)44-27-31-48(32-28-44)69-72-68(47-14-2-1-3-15-47)73-70(74-69)49-33-29-46(30-34-49)57-39-40-65-61-22-9-8-21-60(61)64-26-12-25-63(57)67(64)65/h1-42H. The van der Waals surface area contributed by atoms with Crippen LogP contribution in [0, 0.1) is 11.3 Å². The topological polar surface area (TPSA) is 62.5 Å². The molecule has 0 atom stereocenters. The van der Waals surface area contributed by atoms with Gasteiger partial charge in [0, 0.05) is 22.3 Å². The van der Waals surface area contributed by atoms with Gasteiger partial charge >= 0.3 is 0 Å². The average molecular weight is 939 g/mol. The van der Waals surface area contributed by atoms with Gasteiger partial charge in [-0.05, 0) is 123 Å². The number of nitrogens with zero attached hydrogens (tertiary/aromatic N) is 4. The lowest BCUT2D eigenvalue weighted by Gasteiger charge is -2.15. The molecule has 0 spiro atoms. The monoisotopic (exact) mass is 938 g/mol. The van der Waals surface area contributed by atoms with Gasteiger partial charge in [0.1, 0.15) is 0 Å². The molecule has 4 nitrogen and oxygen atoms in total. The highest BCUT2D eigenvalue weighted by molar-refractivity contribution is 6.19. The lowest BCUT2D eigenvalue weighted by atomic mass is 9.88. The molecule has 74 heavy (non-hydrogen) atoms. The van der Waals surface area contributed by atoms with Gasteiger partial charge in [-0.25, -0.2) is 15.0 Å². The molecule has 14 rings (SSSR count). The molecule has 13 aromatic rings. The van der Waals surface area contributed by atoms with Gasteiger partial charge in [0.05, 0.1) is 11.6 Å². The summed E-state index contributed by atoms with van der Waals surface area (Å²) < 4.78 is 0. The third-order valence-corrected chi connectivity index (χ3v) is 14.8. The van der Waals surface area contributed by atoms with E-state index >= 15 is 0 Å². The molecule has 0 N–H and O–H groups in total. The number of nitriles is 1. The summed E-state index contributed by atoms with van der Waals surface area (Å²) in [6, 6.07) is 92.3. The van der Waals surface area contributed by atoms with E-state index in [2.05, 4.69) is 218 Å². The van der Waals surface area contributed by atoms with Crippen LogP contribution in [0.15, 0.2) is 255 Å². The second-order valence-electron chi connectivity index (χ2n) is 18.9. The minimum absolute atomic E-state index is 0.588. The zero-order valence-corrected chi connectivity index (χ0v) is 40.0. The summed E-state index contributed by atoms with van der Waals surface area (Å²) >= 11 is 0. The van der Waals surface area contributed by atoms with Crippen LogP contribution in [0.3, 0.4) is 0 Å². The first-order valence-electron chi connectivity index (χ1n) is 25.0. The van der Waals surface area contributed by atoms with Crippen molar-refractivity contribution in [2.75, 3.05) is 0 Å². The Hall–Kier alpha value is -10.1. The van der Waals surface area contributed by atoms with Crippen LogP contribution >= 0.6 is 0 Å². The van der Waals surface area contributed by atoms with E-state index in [1.165, 1.54) is 65.7 Å². The minimum atomic E-state index is 0.588. The molecule has 0 aliphatic heterocycles. The lowest BCUT2D eigenvalue weighted by Crippen LogP contribution is -2.00. The van der Waals surface area contributed by atoms with Crippen LogP contribution in [0.2, 0.25) is 0 Å². The van der Waals surface area contributed by atoms with Crippen LogP contribution in [-0.4, -0.2) is 15.0 Å². The Balaban J connectivity index is 0.793. The molecule has 1 aliphatic carbocycles. The largest absolute Gasteiger partial charge is 0.208 e. The van der Waals surface area contributed by atoms with E-state index in [0.717, 1.165) is 61.2 Å². The number of rotatable bonds is 8. The average Bonchev–Trinajstić information content (AvgIpc) is 3.83. The molecule has 0 bridgehead atoms.